The monoisotopic (exact) mass is 446 g/mol. The molecule has 2 unspecified atom stereocenters. The van der Waals surface area contributed by atoms with Crippen molar-refractivity contribution in [2.45, 2.75) is 45.1 Å². The van der Waals surface area contributed by atoms with Crippen LogP contribution in [0, 0.1) is 5.92 Å². The average Bonchev–Trinajstić information content (AvgIpc) is 3.34. The molecule has 31 heavy (non-hydrogen) atoms. The van der Waals surface area contributed by atoms with Gasteiger partial charge in [-0.1, -0.05) is 6.07 Å². The molecule has 1 aromatic heterocycles. The zero-order chi connectivity index (χ0) is 21.8. The first-order valence-corrected chi connectivity index (χ1v) is 12.5. The SMILES string of the molecule is CC1CCCCN1C(=O)CN1CCN(C(=O)C2CCCN(C(=O)c3cccs3)C2)CC1. The topological polar surface area (TPSA) is 64.2 Å². The standard InChI is InChI=1S/C23H34N4O3S/c1-18-6-2-3-10-27(18)21(28)17-24-11-13-25(14-12-24)22(29)19-7-4-9-26(16-19)23(30)20-8-5-15-31-20/h5,8,15,18-19H,2-4,6-7,9-14,16-17H2,1H3. The summed E-state index contributed by atoms with van der Waals surface area (Å²) in [4.78, 5) is 47.2. The van der Waals surface area contributed by atoms with E-state index in [1.165, 1.54) is 17.8 Å². The minimum Gasteiger partial charge on any atom is -0.340 e. The molecule has 8 heteroatoms. The van der Waals surface area contributed by atoms with Crippen molar-refractivity contribution in [2.24, 2.45) is 5.92 Å². The smallest absolute Gasteiger partial charge is 0.263 e. The Kier molecular flexibility index (Phi) is 7.27. The number of piperidine rings is 2. The predicted octanol–water partition coefficient (Wildman–Crippen LogP) is 2.15. The number of hydrogen-bond donors (Lipinski definition) is 0. The average molecular weight is 447 g/mol. The molecular weight excluding hydrogens is 412 g/mol. The molecule has 0 aliphatic carbocycles. The summed E-state index contributed by atoms with van der Waals surface area (Å²) in [5.74, 6) is 0.323. The molecule has 0 radical (unpaired) electrons. The molecule has 4 heterocycles. The highest BCUT2D eigenvalue weighted by atomic mass is 32.1. The molecule has 4 rings (SSSR count). The van der Waals surface area contributed by atoms with E-state index in [4.69, 9.17) is 0 Å². The highest BCUT2D eigenvalue weighted by Gasteiger charge is 2.33. The summed E-state index contributed by atoms with van der Waals surface area (Å²) in [5.41, 5.74) is 0. The Morgan fingerprint density at radius 2 is 1.77 bits per heavy atom. The molecule has 3 fully saturated rings. The number of likely N-dealkylation sites (tertiary alicyclic amines) is 2. The first kappa shape index (κ1) is 22.3. The number of nitrogens with zero attached hydrogens (tertiary/aromatic N) is 4. The summed E-state index contributed by atoms with van der Waals surface area (Å²) in [6, 6.07) is 4.08. The fourth-order valence-corrected chi connectivity index (χ4v) is 5.75. The zero-order valence-electron chi connectivity index (χ0n) is 18.5. The zero-order valence-corrected chi connectivity index (χ0v) is 19.3. The number of carbonyl (C=O) groups excluding carboxylic acids is 3. The molecule has 3 amide bonds. The summed E-state index contributed by atoms with van der Waals surface area (Å²) in [7, 11) is 0. The van der Waals surface area contributed by atoms with Crippen LogP contribution in [0.4, 0.5) is 0 Å². The van der Waals surface area contributed by atoms with E-state index in [1.54, 1.807) is 0 Å². The van der Waals surface area contributed by atoms with Crippen molar-refractivity contribution in [2.75, 3.05) is 52.4 Å². The number of rotatable bonds is 4. The normalized spacial score (nSPS) is 25.5. The van der Waals surface area contributed by atoms with Crippen LogP contribution in [-0.2, 0) is 9.59 Å². The number of thiophene rings is 1. The fraction of sp³-hybridized carbons (Fsp3) is 0.696. The maximum absolute atomic E-state index is 13.1. The van der Waals surface area contributed by atoms with Gasteiger partial charge in [-0.05, 0) is 50.5 Å². The summed E-state index contributed by atoms with van der Waals surface area (Å²) < 4.78 is 0. The molecule has 0 bridgehead atoms. The summed E-state index contributed by atoms with van der Waals surface area (Å²) in [5, 5.41) is 1.91. The van der Waals surface area contributed by atoms with Gasteiger partial charge < -0.3 is 14.7 Å². The van der Waals surface area contributed by atoms with E-state index in [9.17, 15) is 14.4 Å². The lowest BCUT2D eigenvalue weighted by Crippen LogP contribution is -2.55. The number of amides is 3. The molecule has 0 aromatic carbocycles. The molecule has 170 valence electrons. The van der Waals surface area contributed by atoms with Crippen LogP contribution in [0.5, 0.6) is 0 Å². The van der Waals surface area contributed by atoms with Crippen LogP contribution < -0.4 is 0 Å². The molecule has 0 saturated carbocycles. The van der Waals surface area contributed by atoms with Gasteiger partial charge in [-0.2, -0.15) is 0 Å². The van der Waals surface area contributed by atoms with Gasteiger partial charge in [0.05, 0.1) is 17.3 Å². The van der Waals surface area contributed by atoms with Crippen molar-refractivity contribution < 1.29 is 14.4 Å². The van der Waals surface area contributed by atoms with Crippen LogP contribution in [0.15, 0.2) is 17.5 Å². The quantitative estimate of drug-likeness (QED) is 0.711. The lowest BCUT2D eigenvalue weighted by atomic mass is 9.96. The van der Waals surface area contributed by atoms with Crippen LogP contribution in [0.1, 0.15) is 48.7 Å². The molecule has 0 N–H and O–H groups in total. The summed E-state index contributed by atoms with van der Waals surface area (Å²) in [6.45, 7) is 7.53. The summed E-state index contributed by atoms with van der Waals surface area (Å²) in [6.07, 6.45) is 5.13. The van der Waals surface area contributed by atoms with E-state index in [1.807, 2.05) is 32.2 Å². The Bertz CT molecular complexity index is 776. The molecule has 3 aliphatic rings. The van der Waals surface area contributed by atoms with Gasteiger partial charge in [0.2, 0.25) is 11.8 Å². The minimum absolute atomic E-state index is 0.0442. The van der Waals surface area contributed by atoms with Crippen LogP contribution in [0.25, 0.3) is 0 Å². The highest BCUT2D eigenvalue weighted by Crippen LogP contribution is 2.23. The van der Waals surface area contributed by atoms with Crippen LogP contribution >= 0.6 is 11.3 Å². The molecule has 7 nitrogen and oxygen atoms in total. The van der Waals surface area contributed by atoms with E-state index in [0.29, 0.717) is 32.2 Å². The van der Waals surface area contributed by atoms with Gasteiger partial charge in [-0.25, -0.2) is 0 Å². The minimum atomic E-state index is -0.111. The molecule has 3 aliphatic heterocycles. The van der Waals surface area contributed by atoms with E-state index in [-0.39, 0.29) is 23.6 Å². The molecule has 2 atom stereocenters. The summed E-state index contributed by atoms with van der Waals surface area (Å²) >= 11 is 1.45. The Morgan fingerprint density at radius 3 is 2.48 bits per heavy atom. The Morgan fingerprint density at radius 1 is 0.968 bits per heavy atom. The number of piperazine rings is 1. The third kappa shape index (κ3) is 5.29. The van der Waals surface area contributed by atoms with Crippen LogP contribution in [-0.4, -0.2) is 95.7 Å². The maximum atomic E-state index is 13.1. The second-order valence-corrected chi connectivity index (χ2v) is 10.0. The Balaban J connectivity index is 1.25. The third-order valence-electron chi connectivity index (χ3n) is 6.96. The first-order chi connectivity index (χ1) is 15.0. The van der Waals surface area contributed by atoms with Gasteiger partial charge >= 0.3 is 0 Å². The molecular formula is C23H34N4O3S. The van der Waals surface area contributed by atoms with Crippen molar-refractivity contribution in [1.82, 2.24) is 19.6 Å². The highest BCUT2D eigenvalue weighted by molar-refractivity contribution is 7.12. The van der Waals surface area contributed by atoms with Crippen LogP contribution in [0.3, 0.4) is 0 Å². The van der Waals surface area contributed by atoms with Crippen molar-refractivity contribution in [3.63, 3.8) is 0 Å². The maximum Gasteiger partial charge on any atom is 0.263 e. The Labute approximate surface area is 189 Å². The number of carbonyl (C=O) groups is 3. The van der Waals surface area contributed by atoms with Gasteiger partial charge in [-0.15, -0.1) is 11.3 Å². The molecule has 3 saturated heterocycles. The number of hydrogen-bond acceptors (Lipinski definition) is 5. The second kappa shape index (κ2) is 10.1. The van der Waals surface area contributed by atoms with Crippen molar-refractivity contribution in [3.8, 4) is 0 Å². The van der Waals surface area contributed by atoms with E-state index < -0.39 is 0 Å². The fourth-order valence-electron chi connectivity index (χ4n) is 5.05. The second-order valence-electron chi connectivity index (χ2n) is 9.10. The van der Waals surface area contributed by atoms with Gasteiger partial charge in [0.1, 0.15) is 0 Å². The first-order valence-electron chi connectivity index (χ1n) is 11.7. The van der Waals surface area contributed by atoms with E-state index in [0.717, 1.165) is 56.7 Å². The van der Waals surface area contributed by atoms with Crippen LogP contribution in [0.2, 0.25) is 0 Å². The van der Waals surface area contributed by atoms with E-state index >= 15 is 0 Å². The third-order valence-corrected chi connectivity index (χ3v) is 7.81. The van der Waals surface area contributed by atoms with Gasteiger partial charge in [0.25, 0.3) is 5.91 Å². The lowest BCUT2D eigenvalue weighted by Gasteiger charge is -2.40. The van der Waals surface area contributed by atoms with Gasteiger partial charge in [0.15, 0.2) is 0 Å². The van der Waals surface area contributed by atoms with Gasteiger partial charge in [-0.3, -0.25) is 19.3 Å². The predicted molar refractivity (Wildman–Crippen MR) is 121 cm³/mol. The largest absolute Gasteiger partial charge is 0.340 e. The Hall–Kier alpha value is -1.93. The lowest BCUT2D eigenvalue weighted by molar-refractivity contribution is -0.140. The van der Waals surface area contributed by atoms with Gasteiger partial charge in [0, 0.05) is 51.9 Å². The van der Waals surface area contributed by atoms with Crippen molar-refractivity contribution >= 4 is 29.1 Å². The van der Waals surface area contributed by atoms with E-state index in [2.05, 4.69) is 11.8 Å². The van der Waals surface area contributed by atoms with Crippen molar-refractivity contribution in [3.05, 3.63) is 22.4 Å². The molecule has 1 aromatic rings. The molecule has 0 spiro atoms. The van der Waals surface area contributed by atoms with Crippen molar-refractivity contribution in [1.29, 1.82) is 0 Å².